The molecule has 306 valence electrons. The van der Waals surface area contributed by atoms with Crippen LogP contribution >= 0.6 is 69.6 Å². The minimum absolute atomic E-state index is 0.116. The molecule has 5 heterocycles. The standard InChI is InChI=1S/C48H42Cl6N6/c49-37-19-7-1-13-31(37)25-55-43-44-56(26-32-14-2-8-20-38(32)50)47(55)48-57(27-33-15-3-9-21-39(33)51)45(59(43)29-35-17-5-11-23-41(35)53)46(58(48)28-34-16-4-10-22-40(34)52)60(44)30-36-18-6-12-24-42(36)54/h1-24,43-48H,25-30H2. The topological polar surface area (TPSA) is 19.4 Å². The fraction of sp³-hybridized carbons (Fsp3) is 0.250. The van der Waals surface area contributed by atoms with E-state index in [9.17, 15) is 0 Å². The van der Waals surface area contributed by atoms with E-state index < -0.39 is 0 Å². The first kappa shape index (κ1) is 40.9. The van der Waals surface area contributed by atoms with Crippen molar-refractivity contribution in [1.29, 1.82) is 0 Å². The zero-order valence-electron chi connectivity index (χ0n) is 32.5. The molecule has 0 aromatic heterocycles. The average molecular weight is 916 g/mol. The Morgan fingerprint density at radius 1 is 0.233 bits per heavy atom. The number of halogens is 6. The van der Waals surface area contributed by atoms with Crippen molar-refractivity contribution >= 4 is 69.6 Å². The Balaban J connectivity index is 1.25. The Morgan fingerprint density at radius 3 is 0.500 bits per heavy atom. The first-order valence-electron chi connectivity index (χ1n) is 20.2. The van der Waals surface area contributed by atoms with E-state index in [1.165, 1.54) is 0 Å². The van der Waals surface area contributed by atoms with Crippen molar-refractivity contribution in [2.75, 3.05) is 0 Å². The molecule has 0 amide bonds. The van der Waals surface area contributed by atoms with Crippen molar-refractivity contribution in [2.24, 2.45) is 0 Å². The number of hydrogen-bond donors (Lipinski definition) is 0. The van der Waals surface area contributed by atoms with Gasteiger partial charge in [-0.2, -0.15) is 0 Å². The van der Waals surface area contributed by atoms with E-state index in [1.54, 1.807) is 0 Å². The van der Waals surface area contributed by atoms with Crippen LogP contribution in [0.15, 0.2) is 146 Å². The van der Waals surface area contributed by atoms with Gasteiger partial charge in [0.05, 0.1) is 37.0 Å². The van der Waals surface area contributed by atoms with Gasteiger partial charge in [-0.3, -0.25) is 29.4 Å². The summed E-state index contributed by atoms with van der Waals surface area (Å²) in [5.41, 5.74) is 6.38. The van der Waals surface area contributed by atoms with Gasteiger partial charge in [-0.1, -0.05) is 179 Å². The van der Waals surface area contributed by atoms with Crippen LogP contribution in [0.2, 0.25) is 30.1 Å². The first-order valence-corrected chi connectivity index (χ1v) is 22.5. The SMILES string of the molecule is Clc1ccccc1CN1C2C3N(Cc4ccccc4Cl)C1C1N(Cc4ccccc4Cl)C(C(N1Cc1ccccc1Cl)N3Cc1ccccc1Cl)N2Cc1ccccc1Cl. The third kappa shape index (κ3) is 7.37. The summed E-state index contributed by atoms with van der Waals surface area (Å²) in [7, 11) is 0. The summed E-state index contributed by atoms with van der Waals surface area (Å²) in [6, 6.07) is 49.3. The molecule has 0 aliphatic carbocycles. The smallest absolute Gasteiger partial charge is 0.0955 e. The monoisotopic (exact) mass is 912 g/mol. The average Bonchev–Trinajstić information content (AvgIpc) is 3.67. The molecule has 0 spiro atoms. The Labute approximate surface area is 381 Å². The maximum absolute atomic E-state index is 7.10. The summed E-state index contributed by atoms with van der Waals surface area (Å²) < 4.78 is 0. The molecular weight excluding hydrogens is 873 g/mol. The molecule has 6 bridgehead atoms. The second-order valence-corrected chi connectivity index (χ2v) is 18.5. The second-order valence-electron chi connectivity index (χ2n) is 16.1. The molecule has 5 aliphatic rings. The van der Waals surface area contributed by atoms with Crippen LogP contribution in [0, 0.1) is 0 Å². The van der Waals surface area contributed by atoms with Crippen LogP contribution in [-0.2, 0) is 39.3 Å². The van der Waals surface area contributed by atoms with Gasteiger partial charge >= 0.3 is 0 Å². The van der Waals surface area contributed by atoms with E-state index in [0.29, 0.717) is 39.3 Å². The third-order valence-electron chi connectivity index (χ3n) is 12.7. The number of piperazine rings is 1. The molecule has 0 unspecified atom stereocenters. The van der Waals surface area contributed by atoms with Crippen LogP contribution < -0.4 is 0 Å². The van der Waals surface area contributed by atoms with Gasteiger partial charge in [-0.05, 0) is 69.8 Å². The van der Waals surface area contributed by atoms with E-state index in [2.05, 4.69) is 102 Å². The van der Waals surface area contributed by atoms with E-state index in [1.807, 2.05) is 72.8 Å². The Hall–Kier alpha value is -3.18. The number of hydrogen-bond acceptors (Lipinski definition) is 6. The number of rotatable bonds is 12. The van der Waals surface area contributed by atoms with Crippen LogP contribution in [-0.4, -0.2) is 66.4 Å². The molecule has 6 aromatic rings. The fourth-order valence-corrected chi connectivity index (χ4v) is 11.4. The molecule has 0 saturated carbocycles. The Bertz CT molecular complexity index is 2230. The maximum Gasteiger partial charge on any atom is 0.0955 e. The van der Waals surface area contributed by atoms with Crippen LogP contribution in [0.3, 0.4) is 0 Å². The molecule has 0 N–H and O–H groups in total. The molecule has 5 saturated heterocycles. The van der Waals surface area contributed by atoms with Crippen molar-refractivity contribution in [1.82, 2.24) is 29.4 Å². The lowest BCUT2D eigenvalue weighted by Crippen LogP contribution is -2.73. The lowest BCUT2D eigenvalue weighted by Gasteiger charge is -2.56. The van der Waals surface area contributed by atoms with Crippen molar-refractivity contribution in [2.45, 2.75) is 76.3 Å². The molecule has 6 nitrogen and oxygen atoms in total. The molecule has 5 fully saturated rings. The van der Waals surface area contributed by atoms with Crippen LogP contribution in [0.1, 0.15) is 33.4 Å². The summed E-state index contributed by atoms with van der Waals surface area (Å²) in [5.74, 6) is 0. The molecule has 0 radical (unpaired) electrons. The summed E-state index contributed by atoms with van der Waals surface area (Å²) >= 11 is 42.6. The second kappa shape index (κ2) is 17.2. The van der Waals surface area contributed by atoms with Gasteiger partial charge in [-0.15, -0.1) is 0 Å². The van der Waals surface area contributed by atoms with Gasteiger partial charge in [0.1, 0.15) is 0 Å². The van der Waals surface area contributed by atoms with Crippen molar-refractivity contribution in [3.8, 4) is 0 Å². The molecule has 11 rings (SSSR count). The Morgan fingerprint density at radius 2 is 0.367 bits per heavy atom. The minimum Gasteiger partial charge on any atom is -0.262 e. The van der Waals surface area contributed by atoms with E-state index >= 15 is 0 Å². The molecule has 5 aliphatic heterocycles. The molecule has 6 aromatic carbocycles. The third-order valence-corrected chi connectivity index (χ3v) is 15.0. The van der Waals surface area contributed by atoms with Crippen LogP contribution in [0.25, 0.3) is 0 Å². The summed E-state index contributed by atoms with van der Waals surface area (Å²) in [4.78, 5) is 16.1. The lowest BCUT2D eigenvalue weighted by molar-refractivity contribution is -0.166. The van der Waals surface area contributed by atoms with Crippen molar-refractivity contribution in [3.05, 3.63) is 209 Å². The normalized spacial score (nSPS) is 24.5. The quantitative estimate of drug-likeness (QED) is 0.121. The highest BCUT2D eigenvalue weighted by Crippen LogP contribution is 2.55. The lowest BCUT2D eigenvalue weighted by atomic mass is 10.0. The summed E-state index contributed by atoms with van der Waals surface area (Å²) in [6.07, 6.45) is -0.773. The van der Waals surface area contributed by atoms with Crippen molar-refractivity contribution < 1.29 is 0 Å². The van der Waals surface area contributed by atoms with Gasteiger partial charge < -0.3 is 0 Å². The van der Waals surface area contributed by atoms with Gasteiger partial charge in [0, 0.05) is 69.4 Å². The highest BCUT2D eigenvalue weighted by molar-refractivity contribution is 6.32. The molecule has 0 atom stereocenters. The maximum atomic E-state index is 7.10. The van der Waals surface area contributed by atoms with E-state index in [4.69, 9.17) is 69.6 Å². The zero-order valence-corrected chi connectivity index (χ0v) is 37.0. The summed E-state index contributed by atoms with van der Waals surface area (Å²) in [6.45, 7) is 3.65. The summed E-state index contributed by atoms with van der Waals surface area (Å²) in [5, 5.41) is 4.43. The molecule has 12 heteroatoms. The first-order chi connectivity index (χ1) is 29.3. The zero-order chi connectivity index (χ0) is 41.1. The van der Waals surface area contributed by atoms with Gasteiger partial charge in [-0.25, -0.2) is 0 Å². The predicted octanol–water partition coefficient (Wildman–Crippen LogP) is 11.9. The highest BCUT2D eigenvalue weighted by Gasteiger charge is 2.71. The van der Waals surface area contributed by atoms with E-state index in [0.717, 1.165) is 63.5 Å². The minimum atomic E-state index is -0.155. The fourth-order valence-electron chi connectivity index (χ4n) is 10.2. The van der Waals surface area contributed by atoms with Gasteiger partial charge in [0.2, 0.25) is 0 Å². The van der Waals surface area contributed by atoms with Crippen LogP contribution in [0.5, 0.6) is 0 Å². The van der Waals surface area contributed by atoms with Crippen LogP contribution in [0.4, 0.5) is 0 Å². The predicted molar refractivity (Wildman–Crippen MR) is 245 cm³/mol. The van der Waals surface area contributed by atoms with Gasteiger partial charge in [0.15, 0.2) is 0 Å². The van der Waals surface area contributed by atoms with E-state index in [-0.39, 0.29) is 37.0 Å². The largest absolute Gasteiger partial charge is 0.262 e. The molecular formula is C48H42Cl6N6. The number of nitrogens with zero attached hydrogens (tertiary/aromatic N) is 6. The van der Waals surface area contributed by atoms with Crippen molar-refractivity contribution in [3.63, 3.8) is 0 Å². The van der Waals surface area contributed by atoms with Gasteiger partial charge in [0.25, 0.3) is 0 Å². The number of benzene rings is 6. The molecule has 60 heavy (non-hydrogen) atoms. The highest BCUT2D eigenvalue weighted by atomic mass is 35.5. The Kier molecular flexibility index (Phi) is 11.7.